The third-order valence-corrected chi connectivity index (χ3v) is 5.31. The van der Waals surface area contributed by atoms with Gasteiger partial charge in [-0.05, 0) is 43.7 Å². The van der Waals surface area contributed by atoms with Crippen molar-refractivity contribution < 1.29 is 38.9 Å². The lowest BCUT2D eigenvalue weighted by Gasteiger charge is -2.28. The summed E-state index contributed by atoms with van der Waals surface area (Å²) in [7, 11) is 1.25. The van der Waals surface area contributed by atoms with Gasteiger partial charge in [-0.25, -0.2) is 9.59 Å². The minimum absolute atomic E-state index is 0.236. The SMILES string of the molecule is CCOc1cc([C@@H]2NC(=O)NC(C)=C2C(=O)OC)ccc1OC[C@@H](O)N/N=C\c1ccc(O)c([N+](=O)[O-])c1. The third kappa shape index (κ3) is 6.67. The fourth-order valence-electron chi connectivity index (χ4n) is 3.59. The molecule has 0 spiro atoms. The highest BCUT2D eigenvalue weighted by Gasteiger charge is 2.32. The van der Waals surface area contributed by atoms with E-state index in [1.165, 1.54) is 25.5 Å². The van der Waals surface area contributed by atoms with Gasteiger partial charge in [0.1, 0.15) is 6.61 Å². The second kappa shape index (κ2) is 12.4. The van der Waals surface area contributed by atoms with Gasteiger partial charge in [0.2, 0.25) is 0 Å². The number of carbonyl (C=O) groups excluding carboxylic acids is 2. The van der Waals surface area contributed by atoms with Crippen LogP contribution in [0.5, 0.6) is 17.2 Å². The van der Waals surface area contributed by atoms with Crippen LogP contribution in [0.4, 0.5) is 10.5 Å². The second-order valence-corrected chi connectivity index (χ2v) is 7.92. The Balaban J connectivity index is 1.70. The topological polar surface area (TPSA) is 194 Å². The number of nitrogens with one attached hydrogen (secondary N) is 3. The lowest BCUT2D eigenvalue weighted by molar-refractivity contribution is -0.385. The van der Waals surface area contributed by atoms with E-state index in [-0.39, 0.29) is 17.9 Å². The molecule has 14 nitrogen and oxygen atoms in total. The molecular weight excluding hydrogens is 502 g/mol. The molecule has 14 heteroatoms. The molecule has 3 rings (SSSR count). The van der Waals surface area contributed by atoms with Crippen molar-refractivity contribution in [3.05, 3.63) is 68.9 Å². The minimum atomic E-state index is -1.26. The van der Waals surface area contributed by atoms with Crippen LogP contribution < -0.4 is 25.5 Å². The number of amides is 2. The number of nitro groups is 1. The van der Waals surface area contributed by atoms with E-state index >= 15 is 0 Å². The summed E-state index contributed by atoms with van der Waals surface area (Å²) in [6.45, 7) is 3.41. The van der Waals surface area contributed by atoms with Crippen LogP contribution in [0.1, 0.15) is 31.0 Å². The Morgan fingerprint density at radius 1 is 1.26 bits per heavy atom. The van der Waals surface area contributed by atoms with Gasteiger partial charge in [0.25, 0.3) is 0 Å². The van der Waals surface area contributed by atoms with Crippen LogP contribution in [0, 0.1) is 10.1 Å². The number of aromatic hydroxyl groups is 1. The number of hydrogen-bond acceptors (Lipinski definition) is 11. The number of nitro benzene ring substituents is 1. The van der Waals surface area contributed by atoms with Crippen molar-refractivity contribution in [2.75, 3.05) is 20.3 Å². The van der Waals surface area contributed by atoms with Crippen molar-refractivity contribution in [2.24, 2.45) is 5.10 Å². The van der Waals surface area contributed by atoms with Crippen LogP contribution in [0.25, 0.3) is 0 Å². The molecule has 0 unspecified atom stereocenters. The van der Waals surface area contributed by atoms with Gasteiger partial charge in [0, 0.05) is 17.3 Å². The van der Waals surface area contributed by atoms with Crippen molar-refractivity contribution >= 4 is 23.9 Å². The maximum absolute atomic E-state index is 12.3. The summed E-state index contributed by atoms with van der Waals surface area (Å²) in [4.78, 5) is 34.6. The number of phenolic OH excluding ortho intramolecular Hbond substituents is 1. The lowest BCUT2D eigenvalue weighted by atomic mass is 9.95. The van der Waals surface area contributed by atoms with Crippen molar-refractivity contribution in [2.45, 2.75) is 26.1 Å². The van der Waals surface area contributed by atoms with E-state index in [1.807, 2.05) is 0 Å². The molecule has 0 aromatic heterocycles. The molecule has 1 aliphatic rings. The van der Waals surface area contributed by atoms with E-state index in [0.717, 1.165) is 6.07 Å². The Kier molecular flexibility index (Phi) is 9.05. The van der Waals surface area contributed by atoms with E-state index in [1.54, 1.807) is 32.0 Å². The van der Waals surface area contributed by atoms with Crippen LogP contribution in [-0.2, 0) is 9.53 Å². The number of aliphatic hydroxyl groups excluding tert-OH is 1. The first-order chi connectivity index (χ1) is 18.1. The molecule has 0 fully saturated rings. The van der Waals surface area contributed by atoms with Crippen LogP contribution in [0.3, 0.4) is 0 Å². The Morgan fingerprint density at radius 3 is 2.71 bits per heavy atom. The lowest BCUT2D eigenvalue weighted by Crippen LogP contribution is -2.45. The predicted molar refractivity (Wildman–Crippen MR) is 134 cm³/mol. The van der Waals surface area contributed by atoms with Crippen LogP contribution in [-0.4, -0.2) is 59.9 Å². The molecule has 1 aliphatic heterocycles. The fraction of sp³-hybridized carbons (Fsp3) is 0.292. The van der Waals surface area contributed by atoms with Gasteiger partial charge in [-0.2, -0.15) is 5.10 Å². The first kappa shape index (κ1) is 27.7. The molecular formula is C24H27N5O9. The van der Waals surface area contributed by atoms with E-state index in [4.69, 9.17) is 14.2 Å². The number of urea groups is 1. The third-order valence-electron chi connectivity index (χ3n) is 5.31. The number of esters is 1. The van der Waals surface area contributed by atoms with Crippen LogP contribution in [0.15, 0.2) is 52.8 Å². The predicted octanol–water partition coefficient (Wildman–Crippen LogP) is 1.82. The Bertz CT molecular complexity index is 1280. The molecule has 0 saturated carbocycles. The number of rotatable bonds is 11. The zero-order chi connectivity index (χ0) is 27.8. The van der Waals surface area contributed by atoms with Crippen LogP contribution in [0.2, 0.25) is 0 Å². The molecule has 0 radical (unpaired) electrons. The van der Waals surface area contributed by atoms with Gasteiger partial charge in [-0.15, -0.1) is 0 Å². The number of benzene rings is 2. The molecule has 2 aromatic rings. The maximum Gasteiger partial charge on any atom is 0.337 e. The smallest absolute Gasteiger partial charge is 0.337 e. The standard InChI is InChI=1S/C24H27N5O9/c1-4-37-19-10-15(22-21(23(32)36-3)13(2)26-24(33)27-22)6-8-18(19)38-12-20(31)28-25-11-14-5-7-17(30)16(9-14)29(34)35/h5-11,20,22,28,30-31H,4,12H2,1-3H3,(H2,26,27,33)/b25-11-/t20-,22+/m1/s1. The van der Waals surface area contributed by atoms with Crippen molar-refractivity contribution in [3.8, 4) is 17.2 Å². The highest BCUT2D eigenvalue weighted by atomic mass is 16.6. The van der Waals surface area contributed by atoms with Crippen LogP contribution >= 0.6 is 0 Å². The molecule has 0 aliphatic carbocycles. The number of hydrogen-bond donors (Lipinski definition) is 5. The average molecular weight is 530 g/mol. The normalized spacial score (nSPS) is 15.9. The molecule has 2 amide bonds. The summed E-state index contributed by atoms with van der Waals surface area (Å²) < 4.78 is 16.2. The van der Waals surface area contributed by atoms with E-state index in [2.05, 4.69) is 21.2 Å². The highest BCUT2D eigenvalue weighted by Crippen LogP contribution is 2.35. The zero-order valence-electron chi connectivity index (χ0n) is 20.8. The number of ether oxygens (including phenoxy) is 3. The molecule has 2 atom stereocenters. The number of nitrogens with zero attached hydrogens (tertiary/aromatic N) is 2. The maximum atomic E-state index is 12.3. The highest BCUT2D eigenvalue weighted by molar-refractivity contribution is 5.95. The number of allylic oxidation sites excluding steroid dienone is 1. The largest absolute Gasteiger partial charge is 0.502 e. The summed E-state index contributed by atoms with van der Waals surface area (Å²) >= 11 is 0. The zero-order valence-corrected chi connectivity index (χ0v) is 20.8. The summed E-state index contributed by atoms with van der Waals surface area (Å²) in [5, 5.41) is 39.7. The molecule has 2 aromatic carbocycles. The minimum Gasteiger partial charge on any atom is -0.502 e. The average Bonchev–Trinajstić information content (AvgIpc) is 2.88. The number of methoxy groups -OCH3 is 1. The van der Waals surface area contributed by atoms with Gasteiger partial charge in [-0.3, -0.25) is 15.5 Å². The quantitative estimate of drug-likeness (QED) is 0.0942. The number of phenols is 1. The van der Waals surface area contributed by atoms with Crippen molar-refractivity contribution in [1.29, 1.82) is 0 Å². The fourth-order valence-corrected chi connectivity index (χ4v) is 3.59. The summed E-state index contributed by atoms with van der Waals surface area (Å²) in [6.07, 6.45) is -0.0228. The molecule has 202 valence electrons. The monoisotopic (exact) mass is 529 g/mol. The first-order valence-electron chi connectivity index (χ1n) is 11.3. The van der Waals surface area contributed by atoms with Gasteiger partial charge in [-0.1, -0.05) is 6.07 Å². The van der Waals surface area contributed by atoms with Crippen molar-refractivity contribution in [3.63, 3.8) is 0 Å². The summed E-state index contributed by atoms with van der Waals surface area (Å²) in [6, 6.07) is 7.27. The molecule has 5 N–H and O–H groups in total. The van der Waals surface area contributed by atoms with Gasteiger partial charge in [0.15, 0.2) is 23.5 Å². The van der Waals surface area contributed by atoms with Gasteiger partial charge >= 0.3 is 17.7 Å². The number of hydrazone groups is 1. The van der Waals surface area contributed by atoms with E-state index < -0.39 is 40.6 Å². The Labute approximate surface area is 217 Å². The van der Waals surface area contributed by atoms with Gasteiger partial charge in [0.05, 0.1) is 36.5 Å². The molecule has 0 saturated heterocycles. The molecule has 1 heterocycles. The Hall–Kier alpha value is -4.85. The summed E-state index contributed by atoms with van der Waals surface area (Å²) in [5.74, 6) is -0.475. The summed E-state index contributed by atoms with van der Waals surface area (Å²) in [5.41, 5.74) is 3.42. The molecule has 0 bridgehead atoms. The second-order valence-electron chi connectivity index (χ2n) is 7.92. The molecule has 38 heavy (non-hydrogen) atoms. The van der Waals surface area contributed by atoms with Gasteiger partial charge < -0.3 is 35.1 Å². The number of aliphatic hydroxyl groups is 1. The first-order valence-corrected chi connectivity index (χ1v) is 11.3. The number of carbonyl (C=O) groups is 2. The Morgan fingerprint density at radius 2 is 2.03 bits per heavy atom. The van der Waals surface area contributed by atoms with E-state index in [0.29, 0.717) is 29.2 Å². The van der Waals surface area contributed by atoms with E-state index in [9.17, 15) is 29.9 Å². The van der Waals surface area contributed by atoms with Crippen molar-refractivity contribution in [1.82, 2.24) is 16.1 Å².